The molecule has 0 saturated heterocycles. The van der Waals surface area contributed by atoms with Gasteiger partial charge in [0.15, 0.2) is 0 Å². The summed E-state index contributed by atoms with van der Waals surface area (Å²) in [5.74, 6) is 0.809. The van der Waals surface area contributed by atoms with E-state index in [9.17, 15) is 0 Å². The predicted octanol–water partition coefficient (Wildman–Crippen LogP) is 3.95. The number of hydrogen-bond donors (Lipinski definition) is 1. The first-order valence-electron chi connectivity index (χ1n) is 7.26. The number of likely N-dealkylation sites (N-methyl/N-ethyl adjacent to an activating group) is 1. The number of benzene rings is 1. The molecule has 1 aromatic carbocycles. The minimum atomic E-state index is 0.498. The Bertz CT molecular complexity index is 377. The van der Waals surface area contributed by atoms with Gasteiger partial charge in [-0.1, -0.05) is 50.1 Å². The smallest absolute Gasteiger partial charge is 0.0138 e. The zero-order chi connectivity index (χ0) is 13.2. The van der Waals surface area contributed by atoms with Crippen molar-refractivity contribution in [2.45, 2.75) is 52.5 Å². The second-order valence-corrected chi connectivity index (χ2v) is 6.57. The van der Waals surface area contributed by atoms with Crippen molar-refractivity contribution in [1.29, 1.82) is 0 Å². The van der Waals surface area contributed by atoms with Gasteiger partial charge in [0.2, 0.25) is 0 Å². The summed E-state index contributed by atoms with van der Waals surface area (Å²) < 4.78 is 0. The minimum absolute atomic E-state index is 0.498. The zero-order valence-electron chi connectivity index (χ0n) is 12.3. The van der Waals surface area contributed by atoms with Crippen LogP contribution in [0.2, 0.25) is 0 Å². The van der Waals surface area contributed by atoms with Crippen molar-refractivity contribution in [3.05, 3.63) is 35.4 Å². The van der Waals surface area contributed by atoms with Crippen molar-refractivity contribution in [1.82, 2.24) is 5.32 Å². The van der Waals surface area contributed by atoms with Crippen molar-refractivity contribution in [2.75, 3.05) is 7.05 Å². The van der Waals surface area contributed by atoms with Crippen LogP contribution in [0.1, 0.15) is 44.2 Å². The van der Waals surface area contributed by atoms with Gasteiger partial charge < -0.3 is 5.32 Å². The van der Waals surface area contributed by atoms with Crippen LogP contribution in [0.3, 0.4) is 0 Å². The molecule has 1 N–H and O–H groups in total. The third-order valence-electron chi connectivity index (χ3n) is 4.77. The normalized spacial score (nSPS) is 24.1. The molecular formula is C17H27N. The minimum Gasteiger partial charge on any atom is -0.316 e. The molecule has 2 atom stereocenters. The van der Waals surface area contributed by atoms with Crippen molar-refractivity contribution in [3.8, 4) is 0 Å². The van der Waals surface area contributed by atoms with Gasteiger partial charge in [-0.25, -0.2) is 0 Å². The predicted molar refractivity (Wildman–Crippen MR) is 78.9 cm³/mol. The van der Waals surface area contributed by atoms with E-state index in [0.29, 0.717) is 11.5 Å². The maximum Gasteiger partial charge on any atom is 0.0138 e. The van der Waals surface area contributed by atoms with E-state index in [1.165, 1.54) is 30.4 Å². The Morgan fingerprint density at radius 2 is 1.94 bits per heavy atom. The molecule has 1 heteroatoms. The highest BCUT2D eigenvalue weighted by atomic mass is 14.9. The van der Waals surface area contributed by atoms with Gasteiger partial charge in [0, 0.05) is 6.04 Å². The fourth-order valence-electron chi connectivity index (χ4n) is 3.52. The average Bonchev–Trinajstić information content (AvgIpc) is 2.68. The van der Waals surface area contributed by atoms with Crippen LogP contribution in [-0.4, -0.2) is 13.1 Å². The number of aryl methyl sites for hydroxylation is 1. The first kappa shape index (κ1) is 13.6. The van der Waals surface area contributed by atoms with E-state index >= 15 is 0 Å². The van der Waals surface area contributed by atoms with Gasteiger partial charge in [-0.05, 0) is 50.1 Å². The Morgan fingerprint density at radius 1 is 1.28 bits per heavy atom. The van der Waals surface area contributed by atoms with Crippen LogP contribution in [-0.2, 0) is 6.42 Å². The Morgan fingerprint density at radius 3 is 2.44 bits per heavy atom. The average molecular weight is 245 g/mol. The third kappa shape index (κ3) is 2.95. The molecule has 0 aromatic heterocycles. The van der Waals surface area contributed by atoms with Crippen LogP contribution < -0.4 is 5.32 Å². The van der Waals surface area contributed by atoms with Crippen molar-refractivity contribution in [3.63, 3.8) is 0 Å². The summed E-state index contributed by atoms with van der Waals surface area (Å²) >= 11 is 0. The van der Waals surface area contributed by atoms with Crippen LogP contribution in [0.4, 0.5) is 0 Å². The Kier molecular flexibility index (Phi) is 4.11. The van der Waals surface area contributed by atoms with Gasteiger partial charge >= 0.3 is 0 Å². The summed E-state index contributed by atoms with van der Waals surface area (Å²) in [6.07, 6.45) is 5.31. The maximum absolute atomic E-state index is 3.56. The van der Waals surface area contributed by atoms with E-state index in [0.717, 1.165) is 12.3 Å². The molecule has 0 radical (unpaired) electrons. The lowest BCUT2D eigenvalue weighted by atomic mass is 9.76. The molecule has 2 rings (SSSR count). The summed E-state index contributed by atoms with van der Waals surface area (Å²) in [5, 5.41) is 3.56. The second-order valence-electron chi connectivity index (χ2n) is 6.57. The number of rotatable bonds is 4. The summed E-state index contributed by atoms with van der Waals surface area (Å²) in [6, 6.07) is 9.62. The first-order chi connectivity index (χ1) is 8.53. The molecular weight excluding hydrogens is 218 g/mol. The molecule has 100 valence electrons. The van der Waals surface area contributed by atoms with E-state index in [2.05, 4.69) is 57.4 Å². The fraction of sp³-hybridized carbons (Fsp3) is 0.647. The lowest BCUT2D eigenvalue weighted by Gasteiger charge is -2.34. The molecule has 0 heterocycles. The molecule has 1 aromatic rings. The second kappa shape index (κ2) is 5.44. The highest BCUT2D eigenvalue weighted by Gasteiger charge is 2.38. The third-order valence-corrected chi connectivity index (χ3v) is 4.77. The molecule has 1 nitrogen and oxygen atoms in total. The molecule has 18 heavy (non-hydrogen) atoms. The highest BCUT2D eigenvalue weighted by molar-refractivity contribution is 5.22. The van der Waals surface area contributed by atoms with Gasteiger partial charge in [-0.15, -0.1) is 0 Å². The maximum atomic E-state index is 3.56. The summed E-state index contributed by atoms with van der Waals surface area (Å²) in [6.45, 7) is 7.02. The quantitative estimate of drug-likeness (QED) is 0.847. The van der Waals surface area contributed by atoms with Crippen LogP contribution >= 0.6 is 0 Å². The molecule has 2 unspecified atom stereocenters. The summed E-state index contributed by atoms with van der Waals surface area (Å²) in [7, 11) is 2.12. The van der Waals surface area contributed by atoms with Gasteiger partial charge in [0.25, 0.3) is 0 Å². The SMILES string of the molecule is CNC(Cc1ccc(C)cc1)C1CCCC1(C)C. The van der Waals surface area contributed by atoms with Crippen LogP contribution in [0.15, 0.2) is 24.3 Å². The Balaban J connectivity index is 2.07. The summed E-state index contributed by atoms with van der Waals surface area (Å²) in [5.41, 5.74) is 3.31. The molecule has 1 fully saturated rings. The molecule has 1 aliphatic rings. The highest BCUT2D eigenvalue weighted by Crippen LogP contribution is 2.44. The van der Waals surface area contributed by atoms with Gasteiger partial charge in [0.1, 0.15) is 0 Å². The van der Waals surface area contributed by atoms with E-state index in [1.54, 1.807) is 0 Å². The Labute approximate surface area is 112 Å². The standard InChI is InChI=1S/C17H27N/c1-13-7-9-14(10-8-13)12-16(18-4)15-6-5-11-17(15,2)3/h7-10,15-16,18H,5-6,11-12H2,1-4H3. The summed E-state index contributed by atoms with van der Waals surface area (Å²) in [4.78, 5) is 0. The van der Waals surface area contributed by atoms with E-state index in [4.69, 9.17) is 0 Å². The molecule has 1 aliphatic carbocycles. The molecule has 1 saturated carbocycles. The molecule has 0 bridgehead atoms. The van der Waals surface area contributed by atoms with Crippen LogP contribution in [0, 0.1) is 18.3 Å². The van der Waals surface area contributed by atoms with E-state index < -0.39 is 0 Å². The number of hydrogen-bond acceptors (Lipinski definition) is 1. The number of nitrogens with one attached hydrogen (secondary N) is 1. The molecule has 0 spiro atoms. The van der Waals surface area contributed by atoms with Crippen LogP contribution in [0.25, 0.3) is 0 Å². The van der Waals surface area contributed by atoms with Gasteiger partial charge in [0.05, 0.1) is 0 Å². The monoisotopic (exact) mass is 245 g/mol. The van der Waals surface area contributed by atoms with E-state index in [1.807, 2.05) is 0 Å². The van der Waals surface area contributed by atoms with E-state index in [-0.39, 0.29) is 0 Å². The van der Waals surface area contributed by atoms with Gasteiger partial charge in [-0.3, -0.25) is 0 Å². The first-order valence-corrected chi connectivity index (χ1v) is 7.26. The molecule has 0 amide bonds. The fourth-order valence-corrected chi connectivity index (χ4v) is 3.52. The topological polar surface area (TPSA) is 12.0 Å². The lowest BCUT2D eigenvalue weighted by molar-refractivity contribution is 0.201. The lowest BCUT2D eigenvalue weighted by Crippen LogP contribution is -2.40. The zero-order valence-corrected chi connectivity index (χ0v) is 12.3. The van der Waals surface area contributed by atoms with Gasteiger partial charge in [-0.2, -0.15) is 0 Å². The van der Waals surface area contributed by atoms with Crippen molar-refractivity contribution < 1.29 is 0 Å². The van der Waals surface area contributed by atoms with Crippen molar-refractivity contribution >= 4 is 0 Å². The largest absolute Gasteiger partial charge is 0.316 e. The Hall–Kier alpha value is -0.820. The van der Waals surface area contributed by atoms with Crippen LogP contribution in [0.5, 0.6) is 0 Å². The molecule has 0 aliphatic heterocycles. The van der Waals surface area contributed by atoms with Crippen molar-refractivity contribution in [2.24, 2.45) is 11.3 Å².